The van der Waals surface area contributed by atoms with Crippen molar-refractivity contribution < 1.29 is 19.8 Å². The van der Waals surface area contributed by atoms with Gasteiger partial charge < -0.3 is 20.5 Å². The number of hydrogen-bond acceptors (Lipinski definition) is 5. The Morgan fingerprint density at radius 3 is 2.59 bits per heavy atom. The quantitative estimate of drug-likeness (QED) is 0.434. The van der Waals surface area contributed by atoms with Gasteiger partial charge in [0.15, 0.2) is 0 Å². The number of carbonyl (C=O) groups excluding carboxylic acids is 1. The van der Waals surface area contributed by atoms with Crippen LogP contribution in [0.25, 0.3) is 11.0 Å². The number of H-pyrrole nitrogens is 1. The lowest BCUT2D eigenvalue weighted by Gasteiger charge is -2.04. The molecule has 0 atom stereocenters. The molecular weight excluding hydrogens is 405 g/mol. The number of halogens is 1. The second kappa shape index (κ2) is 8.44. The molecule has 22 heavy (non-hydrogen) atoms. The molecule has 1 amide bonds. The molecule has 118 valence electrons. The molecule has 4 N–H and O–H groups in total. The minimum atomic E-state index is -1.40. The molecule has 1 aromatic heterocycles. The van der Waals surface area contributed by atoms with Crippen molar-refractivity contribution in [3.05, 3.63) is 34.2 Å². The number of anilines is 1. The number of aromatic carboxylic acids is 1. The number of carboxylic acid groups (broad SMARTS) is 1. The first-order valence-corrected chi connectivity index (χ1v) is 7.69. The molecule has 0 bridgehead atoms. The van der Waals surface area contributed by atoms with Crippen molar-refractivity contribution in [1.29, 1.82) is 0 Å². The van der Waals surface area contributed by atoms with Crippen molar-refractivity contribution in [2.75, 3.05) is 16.4 Å². The van der Waals surface area contributed by atoms with Crippen LogP contribution in [0, 0.1) is 0 Å². The van der Waals surface area contributed by atoms with Gasteiger partial charge in [-0.05, 0) is 25.1 Å². The van der Waals surface area contributed by atoms with Crippen LogP contribution in [0.1, 0.15) is 17.4 Å². The number of hydrogen-bond donors (Lipinski definition) is 4. The lowest BCUT2D eigenvalue weighted by molar-refractivity contribution is -0.113. The molecule has 0 aliphatic carbocycles. The number of aromatic nitrogens is 2. The van der Waals surface area contributed by atoms with Crippen molar-refractivity contribution in [3.8, 4) is 0 Å². The Morgan fingerprint density at radius 1 is 1.41 bits per heavy atom. The van der Waals surface area contributed by atoms with E-state index in [-0.39, 0.29) is 12.5 Å². The number of aliphatic hydroxyl groups excluding tert-OH is 1. The van der Waals surface area contributed by atoms with Crippen LogP contribution >= 0.6 is 22.6 Å². The van der Waals surface area contributed by atoms with Crippen LogP contribution in [-0.4, -0.2) is 43.1 Å². The van der Waals surface area contributed by atoms with E-state index in [1.807, 2.05) is 22.6 Å². The average Bonchev–Trinajstić information content (AvgIpc) is 2.47. The molecule has 8 nitrogen and oxygen atoms in total. The molecule has 1 heterocycles. The number of aromatic amines is 1. The van der Waals surface area contributed by atoms with Crippen LogP contribution in [0.5, 0.6) is 0 Å². The summed E-state index contributed by atoms with van der Waals surface area (Å²) < 4.78 is 0.301. The summed E-state index contributed by atoms with van der Waals surface area (Å²) in [7, 11) is 0. The Balaban J connectivity index is 0.000000745. The van der Waals surface area contributed by atoms with Crippen molar-refractivity contribution >= 4 is 51.2 Å². The number of nitrogens with one attached hydrogen (secondary N) is 2. The normalized spacial score (nSPS) is 9.77. The Morgan fingerprint density at radius 2 is 2.05 bits per heavy atom. The fourth-order valence-corrected chi connectivity index (χ4v) is 1.69. The van der Waals surface area contributed by atoms with Crippen LogP contribution in [0.3, 0.4) is 0 Å². The summed E-state index contributed by atoms with van der Waals surface area (Å²) in [5, 5.41) is 19.0. The number of nitrogens with zero attached hydrogens (tertiary/aromatic N) is 1. The van der Waals surface area contributed by atoms with Gasteiger partial charge in [0.2, 0.25) is 11.6 Å². The largest absolute Gasteiger partial charge is 0.476 e. The third-order valence-electron chi connectivity index (χ3n) is 2.30. The second-order valence-electron chi connectivity index (χ2n) is 3.95. The Kier molecular flexibility index (Phi) is 6.92. The van der Waals surface area contributed by atoms with E-state index in [9.17, 15) is 14.4 Å². The molecule has 0 aliphatic heterocycles. The van der Waals surface area contributed by atoms with Crippen LogP contribution in [-0.2, 0) is 4.79 Å². The van der Waals surface area contributed by atoms with Gasteiger partial charge in [0.05, 0.1) is 15.5 Å². The number of fused-ring (bicyclic) bond motifs is 1. The molecule has 0 spiro atoms. The van der Waals surface area contributed by atoms with E-state index in [4.69, 9.17) is 10.2 Å². The standard InChI is InChI=1S/C11H8IN3O4.C2H6O/c12-4-8(16)13-5-1-2-6-7(3-5)14-9(11(18)19)10(17)15-6;1-2-3/h1-3H,4H2,(H,13,16)(H,15,17)(H,18,19);3H,2H2,1H3. The third kappa shape index (κ3) is 4.77. The summed E-state index contributed by atoms with van der Waals surface area (Å²) in [4.78, 5) is 39.7. The molecule has 0 radical (unpaired) electrons. The number of carboxylic acids is 1. The third-order valence-corrected chi connectivity index (χ3v) is 2.99. The maximum absolute atomic E-state index is 11.4. The molecule has 0 saturated carbocycles. The lowest BCUT2D eigenvalue weighted by atomic mass is 10.2. The van der Waals surface area contributed by atoms with Gasteiger partial charge in [-0.25, -0.2) is 9.78 Å². The number of rotatable bonds is 3. The fourth-order valence-electron chi connectivity index (χ4n) is 1.50. The van der Waals surface area contributed by atoms with Gasteiger partial charge in [-0.3, -0.25) is 9.59 Å². The predicted molar refractivity (Wildman–Crippen MR) is 89.6 cm³/mol. The molecular formula is C13H14IN3O5. The van der Waals surface area contributed by atoms with Crippen LogP contribution in [0.2, 0.25) is 0 Å². The maximum atomic E-state index is 11.4. The molecule has 9 heteroatoms. The summed E-state index contributed by atoms with van der Waals surface area (Å²) in [6.45, 7) is 1.93. The highest BCUT2D eigenvalue weighted by molar-refractivity contribution is 14.1. The molecule has 2 rings (SSSR count). The molecule has 0 unspecified atom stereocenters. The summed E-state index contributed by atoms with van der Waals surface area (Å²) >= 11 is 1.92. The Hall–Kier alpha value is -2.01. The second-order valence-corrected chi connectivity index (χ2v) is 4.71. The fraction of sp³-hybridized carbons (Fsp3) is 0.231. The number of amides is 1. The minimum absolute atomic E-state index is 0.178. The van der Waals surface area contributed by atoms with E-state index in [0.717, 1.165) is 0 Å². The SMILES string of the molecule is CCO.O=C(CI)Nc1ccc2[nH]c(=O)c(C(=O)O)nc2c1. The molecule has 2 aromatic rings. The molecule has 0 fully saturated rings. The van der Waals surface area contributed by atoms with Gasteiger partial charge in [-0.1, -0.05) is 22.6 Å². The van der Waals surface area contributed by atoms with Crippen LogP contribution in [0.4, 0.5) is 5.69 Å². The van der Waals surface area contributed by atoms with Crippen LogP contribution < -0.4 is 10.9 Å². The summed E-state index contributed by atoms with van der Waals surface area (Å²) in [5.41, 5.74) is -0.148. The van der Waals surface area contributed by atoms with E-state index >= 15 is 0 Å². The van der Waals surface area contributed by atoms with Crippen molar-refractivity contribution in [2.45, 2.75) is 6.92 Å². The van der Waals surface area contributed by atoms with Crippen LogP contribution in [0.15, 0.2) is 23.0 Å². The van der Waals surface area contributed by atoms with Gasteiger partial charge in [0.1, 0.15) is 0 Å². The van der Waals surface area contributed by atoms with E-state index in [0.29, 0.717) is 21.1 Å². The van der Waals surface area contributed by atoms with E-state index < -0.39 is 17.2 Å². The number of alkyl halides is 1. The first kappa shape index (κ1) is 18.0. The van der Waals surface area contributed by atoms with E-state index in [1.165, 1.54) is 6.07 Å². The topological polar surface area (TPSA) is 132 Å². The summed E-state index contributed by atoms with van der Waals surface area (Å²) in [6, 6.07) is 4.66. The van der Waals surface area contributed by atoms with Gasteiger partial charge in [0.25, 0.3) is 5.56 Å². The molecule has 0 saturated heterocycles. The summed E-state index contributed by atoms with van der Waals surface area (Å²) in [5.74, 6) is -1.58. The van der Waals surface area contributed by atoms with Gasteiger partial charge in [-0.15, -0.1) is 0 Å². The highest BCUT2D eigenvalue weighted by Gasteiger charge is 2.12. The van der Waals surface area contributed by atoms with E-state index in [2.05, 4.69) is 15.3 Å². The first-order chi connectivity index (χ1) is 10.4. The van der Waals surface area contributed by atoms with Crippen molar-refractivity contribution in [2.24, 2.45) is 0 Å². The highest BCUT2D eigenvalue weighted by Crippen LogP contribution is 2.15. The lowest BCUT2D eigenvalue weighted by Crippen LogP contribution is -2.20. The highest BCUT2D eigenvalue weighted by atomic mass is 127. The Labute approximate surface area is 138 Å². The zero-order valence-electron chi connectivity index (χ0n) is 11.6. The molecule has 0 aliphatic rings. The summed E-state index contributed by atoms with van der Waals surface area (Å²) in [6.07, 6.45) is 0. The number of benzene rings is 1. The van der Waals surface area contributed by atoms with Gasteiger partial charge in [0, 0.05) is 12.3 Å². The average molecular weight is 419 g/mol. The first-order valence-electron chi connectivity index (χ1n) is 6.17. The zero-order valence-corrected chi connectivity index (χ0v) is 13.7. The number of carbonyl (C=O) groups is 2. The maximum Gasteiger partial charge on any atom is 0.360 e. The minimum Gasteiger partial charge on any atom is -0.476 e. The zero-order chi connectivity index (χ0) is 16.7. The van der Waals surface area contributed by atoms with Gasteiger partial charge >= 0.3 is 5.97 Å². The van der Waals surface area contributed by atoms with E-state index in [1.54, 1.807) is 19.1 Å². The smallest absolute Gasteiger partial charge is 0.360 e. The Bertz CT molecular complexity index is 744. The van der Waals surface area contributed by atoms with Gasteiger partial charge in [-0.2, -0.15) is 0 Å². The number of aliphatic hydroxyl groups is 1. The van der Waals surface area contributed by atoms with Crippen molar-refractivity contribution in [1.82, 2.24) is 9.97 Å². The van der Waals surface area contributed by atoms with Crippen molar-refractivity contribution in [3.63, 3.8) is 0 Å². The predicted octanol–water partition coefficient (Wildman–Crippen LogP) is 0.993. The molecule has 1 aromatic carbocycles. The monoisotopic (exact) mass is 419 g/mol.